The van der Waals surface area contributed by atoms with Gasteiger partial charge in [-0.05, 0) is 30.5 Å². The topological polar surface area (TPSA) is 54.4 Å². The summed E-state index contributed by atoms with van der Waals surface area (Å²) in [6, 6.07) is 3.16. The zero-order chi connectivity index (χ0) is 13.8. The Balaban J connectivity index is 2.55. The molecule has 1 atom stereocenters. The van der Waals surface area contributed by atoms with E-state index in [2.05, 4.69) is 0 Å². The van der Waals surface area contributed by atoms with Gasteiger partial charge in [0.1, 0.15) is 9.84 Å². The first kappa shape index (κ1) is 15.0. The van der Waals surface area contributed by atoms with Gasteiger partial charge in [0.05, 0.1) is 11.9 Å². The fraction of sp³-hybridized carbons (Fsp3) is 0.500. The fourth-order valence-corrected chi connectivity index (χ4v) is 2.42. The highest BCUT2D eigenvalue weighted by molar-refractivity contribution is 7.91. The highest BCUT2D eigenvalue weighted by Crippen LogP contribution is 2.20. The summed E-state index contributed by atoms with van der Waals surface area (Å²) in [6.07, 6.45) is -0.493. The standard InChI is InChI=1S/C12H16F2O3S/c1-2-18(16,17)7-3-4-12(15)9-5-6-10(13)11(14)8-9/h5-6,8,12,15H,2-4,7H2,1H3. The van der Waals surface area contributed by atoms with Crippen molar-refractivity contribution >= 4 is 9.84 Å². The number of aliphatic hydroxyl groups is 1. The van der Waals surface area contributed by atoms with Gasteiger partial charge in [-0.3, -0.25) is 0 Å². The van der Waals surface area contributed by atoms with E-state index in [0.717, 1.165) is 12.1 Å². The first-order valence-corrected chi connectivity index (χ1v) is 7.51. The van der Waals surface area contributed by atoms with Gasteiger partial charge in [-0.15, -0.1) is 0 Å². The molecule has 6 heteroatoms. The average Bonchev–Trinajstić information content (AvgIpc) is 2.32. The summed E-state index contributed by atoms with van der Waals surface area (Å²) in [5.74, 6) is -1.94. The van der Waals surface area contributed by atoms with Crippen molar-refractivity contribution < 1.29 is 22.3 Å². The van der Waals surface area contributed by atoms with Crippen molar-refractivity contribution in [3.05, 3.63) is 35.4 Å². The Hall–Kier alpha value is -1.01. The molecule has 0 spiro atoms. The number of hydrogen-bond acceptors (Lipinski definition) is 3. The molecule has 0 fully saturated rings. The number of benzene rings is 1. The maximum atomic E-state index is 12.9. The SMILES string of the molecule is CCS(=O)(=O)CCCC(O)c1ccc(F)c(F)c1. The van der Waals surface area contributed by atoms with Crippen molar-refractivity contribution in [2.45, 2.75) is 25.9 Å². The minimum absolute atomic E-state index is 0.00969. The maximum Gasteiger partial charge on any atom is 0.159 e. The van der Waals surface area contributed by atoms with Crippen molar-refractivity contribution in [1.82, 2.24) is 0 Å². The van der Waals surface area contributed by atoms with E-state index < -0.39 is 27.6 Å². The second-order valence-corrected chi connectivity index (χ2v) is 6.54. The van der Waals surface area contributed by atoms with Crippen LogP contribution >= 0.6 is 0 Å². The molecule has 0 aliphatic heterocycles. The Bertz CT molecular complexity index is 500. The number of hydrogen-bond donors (Lipinski definition) is 1. The zero-order valence-electron chi connectivity index (χ0n) is 10.1. The van der Waals surface area contributed by atoms with Crippen molar-refractivity contribution in [2.75, 3.05) is 11.5 Å². The number of sulfone groups is 1. The highest BCUT2D eigenvalue weighted by atomic mass is 32.2. The summed E-state index contributed by atoms with van der Waals surface area (Å²) in [5.41, 5.74) is 0.253. The molecule has 3 nitrogen and oxygen atoms in total. The molecule has 0 saturated carbocycles. The predicted molar refractivity (Wildman–Crippen MR) is 64.9 cm³/mol. The molecule has 0 saturated heterocycles. The lowest BCUT2D eigenvalue weighted by molar-refractivity contribution is 0.166. The van der Waals surface area contributed by atoms with E-state index in [1.807, 2.05) is 0 Å². The Morgan fingerprint density at radius 2 is 1.94 bits per heavy atom. The molecule has 0 heterocycles. The van der Waals surface area contributed by atoms with E-state index in [-0.39, 0.29) is 29.9 Å². The van der Waals surface area contributed by atoms with Crippen LogP contribution in [0, 0.1) is 11.6 Å². The van der Waals surface area contributed by atoms with Crippen LogP contribution in [0.1, 0.15) is 31.4 Å². The largest absolute Gasteiger partial charge is 0.388 e. The van der Waals surface area contributed by atoms with E-state index in [0.29, 0.717) is 0 Å². The van der Waals surface area contributed by atoms with Crippen LogP contribution in [0.3, 0.4) is 0 Å². The quantitative estimate of drug-likeness (QED) is 0.868. The van der Waals surface area contributed by atoms with Gasteiger partial charge in [0, 0.05) is 5.75 Å². The zero-order valence-corrected chi connectivity index (χ0v) is 10.9. The molecule has 1 rings (SSSR count). The highest BCUT2D eigenvalue weighted by Gasteiger charge is 2.13. The number of halogens is 2. The van der Waals surface area contributed by atoms with Crippen LogP contribution in [-0.2, 0) is 9.84 Å². The van der Waals surface area contributed by atoms with Gasteiger partial charge in [-0.25, -0.2) is 17.2 Å². The van der Waals surface area contributed by atoms with Crippen molar-refractivity contribution in [1.29, 1.82) is 0 Å². The molecule has 0 bridgehead atoms. The summed E-state index contributed by atoms with van der Waals surface area (Å²) in [6.45, 7) is 1.56. The second kappa shape index (κ2) is 6.24. The predicted octanol–water partition coefficient (Wildman–Crippen LogP) is 2.21. The Morgan fingerprint density at radius 3 is 2.50 bits per heavy atom. The van der Waals surface area contributed by atoms with Crippen LogP contribution in [0.25, 0.3) is 0 Å². The minimum Gasteiger partial charge on any atom is -0.388 e. The summed E-state index contributed by atoms with van der Waals surface area (Å²) in [7, 11) is -3.06. The monoisotopic (exact) mass is 278 g/mol. The van der Waals surface area contributed by atoms with Crippen molar-refractivity contribution in [3.63, 3.8) is 0 Å². The van der Waals surface area contributed by atoms with Gasteiger partial charge in [0.25, 0.3) is 0 Å². The average molecular weight is 278 g/mol. The third-order valence-electron chi connectivity index (χ3n) is 2.70. The molecule has 0 aliphatic carbocycles. The normalized spacial score (nSPS) is 13.6. The lowest BCUT2D eigenvalue weighted by Crippen LogP contribution is -2.10. The maximum absolute atomic E-state index is 12.9. The molecular weight excluding hydrogens is 262 g/mol. The Labute approximate surface area is 105 Å². The van der Waals surface area contributed by atoms with E-state index in [9.17, 15) is 22.3 Å². The number of rotatable bonds is 6. The van der Waals surface area contributed by atoms with Crippen LogP contribution < -0.4 is 0 Å². The third-order valence-corrected chi connectivity index (χ3v) is 4.49. The molecule has 1 aromatic carbocycles. The van der Waals surface area contributed by atoms with Gasteiger partial charge in [-0.1, -0.05) is 13.0 Å². The Morgan fingerprint density at radius 1 is 1.28 bits per heavy atom. The molecular formula is C12H16F2O3S. The molecule has 0 radical (unpaired) electrons. The van der Waals surface area contributed by atoms with Gasteiger partial charge < -0.3 is 5.11 Å². The molecule has 1 unspecified atom stereocenters. The summed E-state index contributed by atoms with van der Waals surface area (Å²) < 4.78 is 48.1. The van der Waals surface area contributed by atoms with E-state index in [1.165, 1.54) is 6.07 Å². The molecule has 0 aromatic heterocycles. The van der Waals surface area contributed by atoms with Gasteiger partial charge in [0.15, 0.2) is 11.6 Å². The molecule has 102 valence electrons. The lowest BCUT2D eigenvalue weighted by atomic mass is 10.1. The van der Waals surface area contributed by atoms with E-state index in [1.54, 1.807) is 6.92 Å². The third kappa shape index (κ3) is 4.34. The van der Waals surface area contributed by atoms with Crippen LogP contribution in [-0.4, -0.2) is 25.0 Å². The fourth-order valence-electron chi connectivity index (χ4n) is 1.53. The van der Waals surface area contributed by atoms with Crippen LogP contribution in [0.4, 0.5) is 8.78 Å². The Kier molecular flexibility index (Phi) is 5.22. The first-order chi connectivity index (χ1) is 8.35. The first-order valence-electron chi connectivity index (χ1n) is 5.69. The molecule has 1 aromatic rings. The van der Waals surface area contributed by atoms with Crippen LogP contribution in [0.15, 0.2) is 18.2 Å². The molecule has 0 aliphatic rings. The van der Waals surface area contributed by atoms with Gasteiger partial charge in [0.2, 0.25) is 0 Å². The minimum atomic E-state index is -3.06. The second-order valence-electron chi connectivity index (χ2n) is 4.07. The summed E-state index contributed by atoms with van der Waals surface area (Å²) in [4.78, 5) is 0. The van der Waals surface area contributed by atoms with E-state index >= 15 is 0 Å². The number of aliphatic hydroxyl groups excluding tert-OH is 1. The molecule has 0 amide bonds. The van der Waals surface area contributed by atoms with Crippen LogP contribution in [0.5, 0.6) is 0 Å². The summed E-state index contributed by atoms with van der Waals surface area (Å²) >= 11 is 0. The van der Waals surface area contributed by atoms with Crippen LogP contribution in [0.2, 0.25) is 0 Å². The van der Waals surface area contributed by atoms with Crippen molar-refractivity contribution in [2.24, 2.45) is 0 Å². The molecule has 18 heavy (non-hydrogen) atoms. The molecule has 1 N–H and O–H groups in total. The van der Waals surface area contributed by atoms with Gasteiger partial charge >= 0.3 is 0 Å². The van der Waals surface area contributed by atoms with Crippen molar-refractivity contribution in [3.8, 4) is 0 Å². The summed E-state index contributed by atoms with van der Waals surface area (Å²) in [5, 5.41) is 9.72. The lowest BCUT2D eigenvalue weighted by Gasteiger charge is -2.11. The van der Waals surface area contributed by atoms with Gasteiger partial charge in [-0.2, -0.15) is 0 Å². The van der Waals surface area contributed by atoms with E-state index in [4.69, 9.17) is 0 Å². The smallest absolute Gasteiger partial charge is 0.159 e.